The highest BCUT2D eigenvalue weighted by Crippen LogP contribution is 2.17. The molecule has 0 saturated carbocycles. The van der Waals surface area contributed by atoms with Crippen LogP contribution in [-0.4, -0.2) is 26.6 Å². The van der Waals surface area contributed by atoms with Gasteiger partial charge in [-0.25, -0.2) is 4.79 Å². The highest BCUT2D eigenvalue weighted by Gasteiger charge is 2.15. The van der Waals surface area contributed by atoms with E-state index in [0.29, 0.717) is 0 Å². The van der Waals surface area contributed by atoms with Crippen molar-refractivity contribution in [1.82, 2.24) is 9.78 Å². The summed E-state index contributed by atoms with van der Waals surface area (Å²) in [5, 5.41) is 13.7. The number of carbonyl (C=O) groups excluding carboxylic acids is 1. The van der Waals surface area contributed by atoms with Gasteiger partial charge in [0.15, 0.2) is 0 Å². The van der Waals surface area contributed by atoms with Gasteiger partial charge in [0.25, 0.3) is 5.78 Å². The monoisotopic (exact) mass is 232 g/mol. The Morgan fingerprint density at radius 2 is 2.06 bits per heavy atom. The summed E-state index contributed by atoms with van der Waals surface area (Å²) in [5.74, 6) is -2.34. The van der Waals surface area contributed by atoms with Crippen LogP contribution < -0.4 is 0 Å². The molecule has 17 heavy (non-hydrogen) atoms. The Morgan fingerprint density at radius 1 is 1.35 bits per heavy atom. The summed E-state index contributed by atoms with van der Waals surface area (Å²) in [6.45, 7) is 3.99. The maximum atomic E-state index is 11.3. The molecule has 0 saturated heterocycles. The Labute approximate surface area is 97.7 Å². The van der Waals surface area contributed by atoms with E-state index in [1.807, 2.05) is 13.8 Å². The summed E-state index contributed by atoms with van der Waals surface area (Å²) in [7, 11) is 0. The summed E-state index contributed by atoms with van der Waals surface area (Å²) < 4.78 is 1.78. The SMILES string of the molecule is CC(C)n1cc2cc(C(=O)C(=O)O)ccc2n1. The number of fused-ring (bicyclic) bond motifs is 1. The van der Waals surface area contributed by atoms with E-state index in [-0.39, 0.29) is 11.6 Å². The Kier molecular flexibility index (Phi) is 2.67. The second-order valence-electron chi connectivity index (χ2n) is 4.11. The average molecular weight is 232 g/mol. The van der Waals surface area contributed by atoms with E-state index >= 15 is 0 Å². The molecule has 2 aromatic rings. The van der Waals surface area contributed by atoms with Gasteiger partial charge in [0, 0.05) is 23.2 Å². The Bertz CT molecular complexity index is 599. The lowest BCUT2D eigenvalue weighted by molar-refractivity contribution is -0.131. The van der Waals surface area contributed by atoms with Gasteiger partial charge in [-0.15, -0.1) is 0 Å². The summed E-state index contributed by atoms with van der Waals surface area (Å²) in [6.07, 6.45) is 1.80. The molecule has 0 bridgehead atoms. The van der Waals surface area contributed by atoms with Crippen molar-refractivity contribution in [2.75, 3.05) is 0 Å². The zero-order valence-electron chi connectivity index (χ0n) is 9.54. The van der Waals surface area contributed by atoms with Gasteiger partial charge in [-0.05, 0) is 32.0 Å². The van der Waals surface area contributed by atoms with Crippen molar-refractivity contribution < 1.29 is 14.7 Å². The highest BCUT2D eigenvalue weighted by molar-refractivity contribution is 6.40. The third kappa shape index (κ3) is 2.04. The van der Waals surface area contributed by atoms with Gasteiger partial charge in [-0.2, -0.15) is 5.10 Å². The van der Waals surface area contributed by atoms with Crippen LogP contribution in [0.2, 0.25) is 0 Å². The first-order valence-corrected chi connectivity index (χ1v) is 5.25. The van der Waals surface area contributed by atoms with Gasteiger partial charge in [-0.3, -0.25) is 9.48 Å². The fraction of sp³-hybridized carbons (Fsp3) is 0.250. The van der Waals surface area contributed by atoms with E-state index < -0.39 is 11.8 Å². The number of hydrogen-bond donors (Lipinski definition) is 1. The molecule has 2 rings (SSSR count). The fourth-order valence-electron chi connectivity index (χ4n) is 1.57. The number of benzene rings is 1. The summed E-state index contributed by atoms with van der Waals surface area (Å²) in [6, 6.07) is 4.92. The molecule has 0 unspecified atom stereocenters. The standard InChI is InChI=1S/C12H12N2O3/c1-7(2)14-6-9-5-8(11(15)12(16)17)3-4-10(9)13-14/h3-7H,1-2H3,(H,16,17). The summed E-state index contributed by atoms with van der Waals surface area (Å²) >= 11 is 0. The molecule has 5 heteroatoms. The zero-order chi connectivity index (χ0) is 12.6. The molecule has 1 N–H and O–H groups in total. The molecule has 0 amide bonds. The largest absolute Gasteiger partial charge is 0.475 e. The van der Waals surface area contributed by atoms with E-state index in [1.165, 1.54) is 6.07 Å². The van der Waals surface area contributed by atoms with Crippen LogP contribution >= 0.6 is 0 Å². The maximum Gasteiger partial charge on any atom is 0.377 e. The molecule has 0 fully saturated rings. The molecule has 0 spiro atoms. The first-order valence-electron chi connectivity index (χ1n) is 5.25. The van der Waals surface area contributed by atoms with Crippen LogP contribution in [-0.2, 0) is 4.79 Å². The lowest BCUT2D eigenvalue weighted by atomic mass is 10.1. The lowest BCUT2D eigenvalue weighted by Crippen LogP contribution is -2.12. The quantitative estimate of drug-likeness (QED) is 0.647. The van der Waals surface area contributed by atoms with Gasteiger partial charge in [0.05, 0.1) is 5.52 Å². The number of aliphatic carboxylic acids is 1. The first kappa shape index (κ1) is 11.3. The van der Waals surface area contributed by atoms with Crippen LogP contribution in [0.4, 0.5) is 0 Å². The Morgan fingerprint density at radius 3 is 2.65 bits per heavy atom. The average Bonchev–Trinajstić information content (AvgIpc) is 2.70. The third-order valence-electron chi connectivity index (χ3n) is 2.51. The summed E-state index contributed by atoms with van der Waals surface area (Å²) in [5.41, 5.74) is 0.925. The van der Waals surface area contributed by atoms with Crippen LogP contribution in [0, 0.1) is 0 Å². The Balaban J connectivity index is 2.50. The van der Waals surface area contributed by atoms with E-state index in [2.05, 4.69) is 5.10 Å². The van der Waals surface area contributed by atoms with Crippen molar-refractivity contribution in [2.24, 2.45) is 0 Å². The number of ketones is 1. The minimum Gasteiger partial charge on any atom is -0.475 e. The zero-order valence-corrected chi connectivity index (χ0v) is 9.54. The smallest absolute Gasteiger partial charge is 0.377 e. The predicted molar refractivity (Wildman–Crippen MR) is 62.1 cm³/mol. The minimum atomic E-state index is -1.44. The van der Waals surface area contributed by atoms with Crippen LogP contribution in [0.1, 0.15) is 30.2 Å². The number of Topliss-reactive ketones (excluding diaryl/α,β-unsaturated/α-hetero) is 1. The fourth-order valence-corrected chi connectivity index (χ4v) is 1.57. The number of carbonyl (C=O) groups is 2. The summed E-state index contributed by atoms with van der Waals surface area (Å²) in [4.78, 5) is 21.9. The van der Waals surface area contributed by atoms with Gasteiger partial charge in [0.2, 0.25) is 0 Å². The predicted octanol–water partition coefficient (Wildman–Crippen LogP) is 1.88. The number of nitrogens with zero attached hydrogens (tertiary/aromatic N) is 2. The second kappa shape index (κ2) is 4.01. The third-order valence-corrected chi connectivity index (χ3v) is 2.51. The molecule has 0 aliphatic rings. The highest BCUT2D eigenvalue weighted by atomic mass is 16.4. The van der Waals surface area contributed by atoms with Gasteiger partial charge in [-0.1, -0.05) is 0 Å². The van der Waals surface area contributed by atoms with Crippen molar-refractivity contribution >= 4 is 22.7 Å². The molecule has 5 nitrogen and oxygen atoms in total. The van der Waals surface area contributed by atoms with Gasteiger partial charge in [0.1, 0.15) is 0 Å². The van der Waals surface area contributed by atoms with Crippen LogP contribution in [0.5, 0.6) is 0 Å². The van der Waals surface area contributed by atoms with Crippen LogP contribution in [0.15, 0.2) is 24.4 Å². The number of hydrogen-bond acceptors (Lipinski definition) is 3. The van der Waals surface area contributed by atoms with E-state index in [0.717, 1.165) is 10.9 Å². The van der Waals surface area contributed by atoms with Crippen molar-refractivity contribution in [2.45, 2.75) is 19.9 Å². The number of carboxylic acids is 1. The lowest BCUT2D eigenvalue weighted by Gasteiger charge is -2.02. The number of rotatable bonds is 3. The van der Waals surface area contributed by atoms with Crippen molar-refractivity contribution in [1.29, 1.82) is 0 Å². The van der Waals surface area contributed by atoms with Crippen molar-refractivity contribution in [3.8, 4) is 0 Å². The Hall–Kier alpha value is -2.17. The minimum absolute atomic E-state index is 0.174. The normalized spacial score (nSPS) is 11.0. The molecule has 0 aliphatic heterocycles. The first-order chi connectivity index (χ1) is 7.99. The molecule has 1 aromatic carbocycles. The van der Waals surface area contributed by atoms with E-state index in [9.17, 15) is 9.59 Å². The molecule has 1 heterocycles. The van der Waals surface area contributed by atoms with E-state index in [4.69, 9.17) is 5.11 Å². The topological polar surface area (TPSA) is 72.2 Å². The molecule has 88 valence electrons. The van der Waals surface area contributed by atoms with Crippen LogP contribution in [0.25, 0.3) is 10.9 Å². The number of carboxylic acid groups (broad SMARTS) is 1. The maximum absolute atomic E-state index is 11.3. The number of aromatic nitrogens is 2. The van der Waals surface area contributed by atoms with Gasteiger partial charge < -0.3 is 5.11 Å². The van der Waals surface area contributed by atoms with Gasteiger partial charge >= 0.3 is 5.97 Å². The molecule has 0 atom stereocenters. The van der Waals surface area contributed by atoms with Crippen molar-refractivity contribution in [3.05, 3.63) is 30.0 Å². The molecular formula is C12H12N2O3. The van der Waals surface area contributed by atoms with Crippen molar-refractivity contribution in [3.63, 3.8) is 0 Å². The second-order valence-corrected chi connectivity index (χ2v) is 4.11. The molecule has 0 aliphatic carbocycles. The van der Waals surface area contributed by atoms with E-state index in [1.54, 1.807) is 23.0 Å². The molecular weight excluding hydrogens is 220 g/mol. The molecule has 0 radical (unpaired) electrons. The van der Waals surface area contributed by atoms with Crippen LogP contribution in [0.3, 0.4) is 0 Å². The molecule has 1 aromatic heterocycles.